The Bertz CT molecular complexity index is 1090. The topological polar surface area (TPSA) is 46.5 Å². The van der Waals surface area contributed by atoms with E-state index in [1.54, 1.807) is 0 Å². The summed E-state index contributed by atoms with van der Waals surface area (Å²) in [6.45, 7) is 11.4. The molecule has 0 heterocycles. The molecular formula is C26H28O3. The first-order chi connectivity index (χ1) is 13.6. The van der Waals surface area contributed by atoms with E-state index in [2.05, 4.69) is 0 Å². The van der Waals surface area contributed by atoms with Crippen molar-refractivity contribution in [1.29, 1.82) is 0 Å². The van der Waals surface area contributed by atoms with Gasteiger partial charge in [-0.15, -0.1) is 0 Å². The number of carbonyl (C=O) groups is 1. The van der Waals surface area contributed by atoms with E-state index in [0.29, 0.717) is 5.56 Å². The number of aryl methyl sites for hydroxylation is 3. The molecule has 3 rings (SSSR count). The lowest BCUT2D eigenvalue weighted by atomic mass is 9.90. The maximum atomic E-state index is 13.3. The summed E-state index contributed by atoms with van der Waals surface area (Å²) in [5.74, 6) is -0.593. The number of hydrogen-bond acceptors (Lipinski definition) is 3. The third-order valence-electron chi connectivity index (χ3n) is 4.81. The lowest BCUT2D eigenvalue weighted by molar-refractivity contribution is -0.147. The van der Waals surface area contributed by atoms with Gasteiger partial charge in [0, 0.05) is 5.56 Å². The molecule has 3 heteroatoms. The second-order valence-electron chi connectivity index (χ2n) is 8.53. The average molecular weight is 389 g/mol. The van der Waals surface area contributed by atoms with Crippen molar-refractivity contribution in [1.82, 2.24) is 0 Å². The zero-order valence-electron chi connectivity index (χ0n) is 18.0. The van der Waals surface area contributed by atoms with Crippen LogP contribution in [0.1, 0.15) is 48.6 Å². The molecule has 0 atom stereocenters. The zero-order chi connectivity index (χ0) is 21.3. The molecule has 0 fully saturated rings. The van der Waals surface area contributed by atoms with E-state index in [0.717, 1.165) is 33.0 Å². The zero-order valence-corrected chi connectivity index (χ0v) is 18.0. The van der Waals surface area contributed by atoms with Gasteiger partial charge in [-0.25, -0.2) is 4.79 Å². The van der Waals surface area contributed by atoms with E-state index in [4.69, 9.17) is 4.74 Å². The Labute approximate surface area is 172 Å². The summed E-state index contributed by atoms with van der Waals surface area (Å²) < 4.78 is 5.69. The van der Waals surface area contributed by atoms with Gasteiger partial charge in [0.05, 0.1) is 0 Å². The van der Waals surface area contributed by atoms with Gasteiger partial charge in [0.1, 0.15) is 16.9 Å². The fourth-order valence-electron chi connectivity index (χ4n) is 3.79. The second kappa shape index (κ2) is 7.75. The van der Waals surface area contributed by atoms with Crippen molar-refractivity contribution in [3.8, 4) is 0 Å². The highest BCUT2D eigenvalue weighted by atomic mass is 16.6. The van der Waals surface area contributed by atoms with Crippen molar-refractivity contribution in [3.63, 3.8) is 0 Å². The van der Waals surface area contributed by atoms with Crippen molar-refractivity contribution in [3.05, 3.63) is 82.4 Å². The smallest absolute Gasteiger partial charge is 0.343 e. The van der Waals surface area contributed by atoms with Gasteiger partial charge in [-0.2, -0.15) is 0 Å². The fraction of sp³-hybridized carbons (Fsp3) is 0.269. The van der Waals surface area contributed by atoms with Crippen LogP contribution in [0, 0.1) is 20.8 Å². The van der Waals surface area contributed by atoms with Crippen molar-refractivity contribution in [2.45, 2.75) is 47.1 Å². The minimum Gasteiger partial charge on any atom is -0.506 e. The molecule has 0 aromatic heterocycles. The molecule has 150 valence electrons. The first-order valence-electron chi connectivity index (χ1n) is 9.81. The number of aliphatic hydroxyl groups is 1. The van der Waals surface area contributed by atoms with Crippen LogP contribution in [0.5, 0.6) is 0 Å². The Hall–Kier alpha value is -3.07. The van der Waals surface area contributed by atoms with Crippen molar-refractivity contribution in [2.24, 2.45) is 0 Å². The highest BCUT2D eigenvalue weighted by Crippen LogP contribution is 2.34. The van der Waals surface area contributed by atoms with E-state index < -0.39 is 11.6 Å². The maximum Gasteiger partial charge on any atom is 0.343 e. The summed E-state index contributed by atoms with van der Waals surface area (Å²) in [5, 5.41) is 13.3. The minimum absolute atomic E-state index is 0.0638. The summed E-state index contributed by atoms with van der Waals surface area (Å²) in [6.07, 6.45) is 0. The van der Waals surface area contributed by atoms with Gasteiger partial charge < -0.3 is 9.84 Å². The number of hydrogen-bond donors (Lipinski definition) is 1. The van der Waals surface area contributed by atoms with Gasteiger partial charge in [-0.3, -0.25) is 0 Å². The Balaban J connectivity index is 2.34. The van der Waals surface area contributed by atoms with Crippen molar-refractivity contribution in [2.75, 3.05) is 0 Å². The molecule has 0 unspecified atom stereocenters. The third kappa shape index (κ3) is 4.34. The largest absolute Gasteiger partial charge is 0.506 e. The summed E-state index contributed by atoms with van der Waals surface area (Å²) in [5.41, 5.74) is 3.82. The Morgan fingerprint density at radius 3 is 2.10 bits per heavy atom. The Morgan fingerprint density at radius 2 is 1.48 bits per heavy atom. The third-order valence-corrected chi connectivity index (χ3v) is 4.81. The molecule has 0 radical (unpaired) electrons. The molecule has 3 nitrogen and oxygen atoms in total. The normalized spacial score (nSPS) is 12.6. The number of benzene rings is 3. The van der Waals surface area contributed by atoms with E-state index in [-0.39, 0.29) is 11.3 Å². The van der Waals surface area contributed by atoms with E-state index in [9.17, 15) is 9.90 Å². The molecule has 0 bridgehead atoms. The highest BCUT2D eigenvalue weighted by molar-refractivity contribution is 6.25. The van der Waals surface area contributed by atoms with Crippen LogP contribution in [0.4, 0.5) is 0 Å². The summed E-state index contributed by atoms with van der Waals surface area (Å²) in [6, 6.07) is 17.6. The summed E-state index contributed by atoms with van der Waals surface area (Å²) in [7, 11) is 0. The molecule has 29 heavy (non-hydrogen) atoms. The van der Waals surface area contributed by atoms with Crippen LogP contribution in [0.25, 0.3) is 22.1 Å². The van der Waals surface area contributed by atoms with Crippen LogP contribution in [0.2, 0.25) is 0 Å². The second-order valence-corrected chi connectivity index (χ2v) is 8.53. The first kappa shape index (κ1) is 20.7. The van der Waals surface area contributed by atoms with Crippen LogP contribution in [0.3, 0.4) is 0 Å². The molecule has 0 saturated carbocycles. The summed E-state index contributed by atoms with van der Waals surface area (Å²) in [4.78, 5) is 13.3. The van der Waals surface area contributed by atoms with E-state index >= 15 is 0 Å². The van der Waals surface area contributed by atoms with Gasteiger partial charge >= 0.3 is 5.97 Å². The van der Waals surface area contributed by atoms with Crippen LogP contribution in [0.15, 0.2) is 54.6 Å². The quantitative estimate of drug-likeness (QED) is 0.240. The summed E-state index contributed by atoms with van der Waals surface area (Å²) >= 11 is 0. The molecule has 0 amide bonds. The van der Waals surface area contributed by atoms with Crippen LogP contribution in [-0.4, -0.2) is 16.7 Å². The molecule has 0 aliphatic carbocycles. The number of fused-ring (bicyclic) bond motifs is 1. The predicted octanol–water partition coefficient (Wildman–Crippen LogP) is 6.53. The molecule has 3 aromatic rings. The molecule has 0 aliphatic heterocycles. The van der Waals surface area contributed by atoms with Crippen molar-refractivity contribution >= 4 is 28.1 Å². The lowest BCUT2D eigenvalue weighted by Gasteiger charge is -2.23. The number of aliphatic hydroxyl groups excluding tert-OH is 1. The predicted molar refractivity (Wildman–Crippen MR) is 120 cm³/mol. The van der Waals surface area contributed by atoms with Crippen LogP contribution in [-0.2, 0) is 9.53 Å². The van der Waals surface area contributed by atoms with Gasteiger partial charge in [0.2, 0.25) is 0 Å². The highest BCUT2D eigenvalue weighted by Gasteiger charge is 2.28. The van der Waals surface area contributed by atoms with E-state index in [1.165, 1.54) is 0 Å². The van der Waals surface area contributed by atoms with Gasteiger partial charge in [0.15, 0.2) is 0 Å². The lowest BCUT2D eigenvalue weighted by Crippen LogP contribution is -2.25. The van der Waals surface area contributed by atoms with Gasteiger partial charge in [0.25, 0.3) is 0 Å². The monoisotopic (exact) mass is 388 g/mol. The average Bonchev–Trinajstić information content (AvgIpc) is 2.62. The molecule has 0 aliphatic rings. The number of esters is 1. The van der Waals surface area contributed by atoms with Crippen LogP contribution < -0.4 is 0 Å². The standard InChI is InChI=1S/C26H28O3/c1-16-14-17(2)22(18(3)15-16)23(25(28)29-26(4,5)6)24(27)21-13-9-11-19-10-7-8-12-20(19)21/h7-15,27H,1-6H3/b24-23-. The van der Waals surface area contributed by atoms with E-state index in [1.807, 2.05) is 96.1 Å². The van der Waals surface area contributed by atoms with Crippen molar-refractivity contribution < 1.29 is 14.6 Å². The number of ether oxygens (including phenoxy) is 1. The molecule has 1 N–H and O–H groups in total. The van der Waals surface area contributed by atoms with Gasteiger partial charge in [-0.05, 0) is 69.0 Å². The Kier molecular flexibility index (Phi) is 5.52. The SMILES string of the molecule is Cc1cc(C)c(/C(C(=O)OC(C)(C)C)=C(/O)c2cccc3ccccc23)c(C)c1. The molecular weight excluding hydrogens is 360 g/mol. The molecule has 0 saturated heterocycles. The molecule has 3 aromatic carbocycles. The Morgan fingerprint density at radius 1 is 0.897 bits per heavy atom. The fourth-order valence-corrected chi connectivity index (χ4v) is 3.79. The maximum absolute atomic E-state index is 13.3. The van der Waals surface area contributed by atoms with Crippen LogP contribution >= 0.6 is 0 Å². The number of carbonyl (C=O) groups excluding carboxylic acids is 1. The first-order valence-corrected chi connectivity index (χ1v) is 9.81. The number of rotatable bonds is 3. The minimum atomic E-state index is -0.673. The van der Waals surface area contributed by atoms with Gasteiger partial charge in [-0.1, -0.05) is 60.2 Å². The molecule has 0 spiro atoms.